The average Bonchev–Trinajstić information content (AvgIpc) is 2.70. The largest absolute Gasteiger partial charge is 0.462 e. The van der Waals surface area contributed by atoms with Gasteiger partial charge in [0, 0.05) is 12.2 Å². The molecule has 0 aromatic rings. The fourth-order valence-electron chi connectivity index (χ4n) is 2.71. The first-order chi connectivity index (χ1) is 15.0. The van der Waals surface area contributed by atoms with E-state index in [0.29, 0.717) is 6.42 Å². The van der Waals surface area contributed by atoms with Crippen LogP contribution in [0.2, 0.25) is 0 Å². The molecule has 0 bridgehead atoms. The fourth-order valence-corrected chi connectivity index (χ4v) is 2.71. The Hall–Kier alpha value is -2.84. The molecule has 0 heterocycles. The minimum atomic E-state index is -1.27. The van der Waals surface area contributed by atoms with E-state index < -0.39 is 23.6 Å². The topological polar surface area (TPSA) is 117 Å². The van der Waals surface area contributed by atoms with Crippen LogP contribution in [-0.2, 0) is 33.3 Å². The molecule has 0 saturated heterocycles. The van der Waals surface area contributed by atoms with Crippen LogP contribution in [0, 0.1) is 16.7 Å². The lowest BCUT2D eigenvalue weighted by Gasteiger charge is -2.33. The summed E-state index contributed by atoms with van der Waals surface area (Å²) in [5, 5.41) is 2.49. The second-order valence-electron chi connectivity index (χ2n) is 10.3. The van der Waals surface area contributed by atoms with Crippen molar-refractivity contribution in [2.75, 3.05) is 26.4 Å². The molecule has 1 amide bonds. The number of nitrogens with one attached hydrogen (secondary N) is 1. The number of esters is 3. The maximum absolute atomic E-state index is 12.6. The van der Waals surface area contributed by atoms with Crippen LogP contribution in [0.1, 0.15) is 54.9 Å². The molecule has 0 aromatic heterocycles. The first kappa shape index (κ1) is 30.2. The van der Waals surface area contributed by atoms with Gasteiger partial charge in [-0.3, -0.25) is 4.79 Å². The maximum atomic E-state index is 12.6. The Kier molecular flexibility index (Phi) is 11.9. The van der Waals surface area contributed by atoms with Gasteiger partial charge >= 0.3 is 24.0 Å². The van der Waals surface area contributed by atoms with E-state index in [4.69, 9.17) is 18.9 Å². The quantitative estimate of drug-likeness (QED) is 0.199. The molecule has 0 fully saturated rings. The predicted octanol–water partition coefficient (Wildman–Crippen LogP) is 3.57. The van der Waals surface area contributed by atoms with Gasteiger partial charge in [-0.05, 0) is 24.2 Å². The lowest BCUT2D eigenvalue weighted by molar-refractivity contribution is -0.155. The maximum Gasteiger partial charge on any atom is 0.407 e. The molecule has 0 aliphatic heterocycles. The molecule has 33 heavy (non-hydrogen) atoms. The van der Waals surface area contributed by atoms with Crippen LogP contribution in [0.4, 0.5) is 4.79 Å². The molecular weight excluding hydrogens is 430 g/mol. The van der Waals surface area contributed by atoms with Crippen LogP contribution in [0.15, 0.2) is 25.3 Å². The summed E-state index contributed by atoms with van der Waals surface area (Å²) >= 11 is 0. The third kappa shape index (κ3) is 13.3. The number of alkyl carbamates (subject to hydrolysis) is 1. The van der Waals surface area contributed by atoms with Crippen molar-refractivity contribution >= 4 is 24.0 Å². The van der Waals surface area contributed by atoms with Gasteiger partial charge in [0.05, 0.1) is 5.92 Å². The number of ether oxygens (including phenoxy) is 4. The molecule has 0 spiro atoms. The van der Waals surface area contributed by atoms with Gasteiger partial charge in [-0.2, -0.15) is 0 Å². The highest BCUT2D eigenvalue weighted by Crippen LogP contribution is 2.36. The third-order valence-electron chi connectivity index (χ3n) is 4.51. The van der Waals surface area contributed by atoms with E-state index in [1.807, 2.05) is 20.8 Å². The van der Waals surface area contributed by atoms with E-state index >= 15 is 0 Å². The van der Waals surface area contributed by atoms with Gasteiger partial charge in [0.2, 0.25) is 0 Å². The molecule has 0 aliphatic rings. The smallest absolute Gasteiger partial charge is 0.407 e. The van der Waals surface area contributed by atoms with Crippen molar-refractivity contribution in [3.63, 3.8) is 0 Å². The van der Waals surface area contributed by atoms with Crippen molar-refractivity contribution in [1.82, 2.24) is 5.32 Å². The van der Waals surface area contributed by atoms with Crippen LogP contribution >= 0.6 is 0 Å². The molecule has 9 nitrogen and oxygen atoms in total. The zero-order chi connectivity index (χ0) is 25.9. The highest BCUT2D eigenvalue weighted by molar-refractivity contribution is 5.82. The predicted molar refractivity (Wildman–Crippen MR) is 123 cm³/mol. The van der Waals surface area contributed by atoms with Crippen molar-refractivity contribution in [2.24, 2.45) is 16.7 Å². The monoisotopic (exact) mass is 469 g/mol. The zero-order valence-electron chi connectivity index (χ0n) is 20.9. The molecule has 0 aliphatic carbocycles. The summed E-state index contributed by atoms with van der Waals surface area (Å²) in [5.41, 5.74) is -1.60. The van der Waals surface area contributed by atoms with E-state index in [0.717, 1.165) is 12.2 Å². The summed E-state index contributed by atoms with van der Waals surface area (Å²) in [4.78, 5) is 47.6. The van der Waals surface area contributed by atoms with Gasteiger partial charge in [-0.15, -0.1) is 0 Å². The van der Waals surface area contributed by atoms with Crippen LogP contribution in [-0.4, -0.2) is 56.0 Å². The standard InChI is InChI=1S/C24H39NO8/c1-10-18(26)32-15-24(9,16-33-19(27)11-2)25-21(29)31-13-12-30-20(28)17(23(6,7)8)14-22(3,4)5/h10-11,17H,1-2,12-16H2,3-9H3,(H,25,29). The minimum absolute atomic E-state index is 0.0537. The van der Waals surface area contributed by atoms with Crippen molar-refractivity contribution in [1.29, 1.82) is 0 Å². The number of rotatable bonds is 12. The molecule has 1 unspecified atom stereocenters. The Morgan fingerprint density at radius 2 is 1.24 bits per heavy atom. The molecule has 9 heteroatoms. The Bertz CT molecular complexity index is 691. The minimum Gasteiger partial charge on any atom is -0.462 e. The molecule has 1 N–H and O–H groups in total. The van der Waals surface area contributed by atoms with E-state index in [-0.39, 0.29) is 49.1 Å². The summed E-state index contributed by atoms with van der Waals surface area (Å²) in [5.74, 6) is -2.07. The van der Waals surface area contributed by atoms with Gasteiger partial charge in [0.1, 0.15) is 32.0 Å². The summed E-state index contributed by atoms with van der Waals surface area (Å²) in [6.07, 6.45) is 1.72. The van der Waals surface area contributed by atoms with Gasteiger partial charge in [-0.1, -0.05) is 54.7 Å². The summed E-state index contributed by atoms with van der Waals surface area (Å²) in [6, 6.07) is 0. The van der Waals surface area contributed by atoms with E-state index in [1.165, 1.54) is 6.92 Å². The van der Waals surface area contributed by atoms with Crippen molar-refractivity contribution in [3.8, 4) is 0 Å². The second kappa shape index (κ2) is 13.0. The Balaban J connectivity index is 4.83. The van der Waals surface area contributed by atoms with E-state index in [9.17, 15) is 19.2 Å². The highest BCUT2D eigenvalue weighted by Gasteiger charge is 2.36. The molecule has 0 aromatic carbocycles. The normalized spacial score (nSPS) is 12.7. The summed E-state index contributed by atoms with van der Waals surface area (Å²) in [6.45, 7) is 19.3. The van der Waals surface area contributed by atoms with Crippen LogP contribution < -0.4 is 5.32 Å². The van der Waals surface area contributed by atoms with Crippen molar-refractivity contribution in [2.45, 2.75) is 60.4 Å². The molecule has 188 valence electrons. The molecule has 0 saturated carbocycles. The number of amides is 1. The molecule has 0 rings (SSSR count). The van der Waals surface area contributed by atoms with E-state index in [1.54, 1.807) is 0 Å². The Morgan fingerprint density at radius 3 is 1.64 bits per heavy atom. The fraction of sp³-hybridized carbons (Fsp3) is 0.667. The summed E-state index contributed by atoms with van der Waals surface area (Å²) in [7, 11) is 0. The Labute approximate surface area is 196 Å². The highest BCUT2D eigenvalue weighted by atomic mass is 16.6. The number of hydrogen-bond donors (Lipinski definition) is 1. The first-order valence-corrected chi connectivity index (χ1v) is 10.7. The third-order valence-corrected chi connectivity index (χ3v) is 4.51. The summed E-state index contributed by atoms with van der Waals surface area (Å²) < 4.78 is 20.3. The van der Waals surface area contributed by atoms with Gasteiger partial charge in [0.15, 0.2) is 0 Å². The van der Waals surface area contributed by atoms with Gasteiger partial charge in [-0.25, -0.2) is 14.4 Å². The van der Waals surface area contributed by atoms with Gasteiger partial charge < -0.3 is 24.3 Å². The van der Waals surface area contributed by atoms with Gasteiger partial charge in [0.25, 0.3) is 0 Å². The number of hydrogen-bond acceptors (Lipinski definition) is 8. The zero-order valence-corrected chi connectivity index (χ0v) is 20.9. The average molecular weight is 470 g/mol. The van der Waals surface area contributed by atoms with Crippen LogP contribution in [0.3, 0.4) is 0 Å². The Morgan fingerprint density at radius 1 is 0.788 bits per heavy atom. The van der Waals surface area contributed by atoms with E-state index in [2.05, 4.69) is 39.2 Å². The lowest BCUT2D eigenvalue weighted by Crippen LogP contribution is -2.53. The molecule has 0 radical (unpaired) electrons. The molecular formula is C24H39NO8. The first-order valence-electron chi connectivity index (χ1n) is 10.7. The number of carbonyl (C=O) groups excluding carboxylic acids is 4. The second-order valence-corrected chi connectivity index (χ2v) is 10.3. The van der Waals surface area contributed by atoms with Crippen LogP contribution in [0.25, 0.3) is 0 Å². The lowest BCUT2D eigenvalue weighted by atomic mass is 9.72. The van der Waals surface area contributed by atoms with Crippen molar-refractivity contribution < 1.29 is 38.1 Å². The number of carbonyl (C=O) groups is 4. The molecule has 1 atom stereocenters. The van der Waals surface area contributed by atoms with Crippen molar-refractivity contribution in [3.05, 3.63) is 25.3 Å². The SMILES string of the molecule is C=CC(=O)OCC(C)(COC(=O)C=C)NC(=O)OCCOC(=O)C(CC(C)(C)C)C(C)(C)C. The van der Waals surface area contributed by atoms with Crippen LogP contribution in [0.5, 0.6) is 0 Å².